The highest BCUT2D eigenvalue weighted by atomic mass is 127. The predicted molar refractivity (Wildman–Crippen MR) is 116 cm³/mol. The van der Waals surface area contributed by atoms with Crippen LogP contribution in [0.1, 0.15) is 26.3 Å². The molecule has 148 valence electrons. The topological polar surface area (TPSA) is 48.9 Å². The second-order valence-corrected chi connectivity index (χ2v) is 6.54. The maximum absolute atomic E-state index is 13.2. The summed E-state index contributed by atoms with van der Waals surface area (Å²) in [5.41, 5.74) is 0.985. The molecule has 0 saturated carbocycles. The molecule has 2 rings (SSSR count). The largest absolute Gasteiger partial charge is 0.379 e. The molecular formula is C19H32FIN4O. The quantitative estimate of drug-likeness (QED) is 0.360. The highest BCUT2D eigenvalue weighted by molar-refractivity contribution is 14.0. The van der Waals surface area contributed by atoms with E-state index < -0.39 is 0 Å². The lowest BCUT2D eigenvalue weighted by molar-refractivity contribution is -0.0165. The number of hydrogen-bond donors (Lipinski definition) is 2. The van der Waals surface area contributed by atoms with Gasteiger partial charge in [-0.2, -0.15) is 0 Å². The molecule has 1 heterocycles. The molecule has 1 saturated heterocycles. The van der Waals surface area contributed by atoms with E-state index in [4.69, 9.17) is 9.73 Å². The van der Waals surface area contributed by atoms with E-state index in [0.29, 0.717) is 12.1 Å². The van der Waals surface area contributed by atoms with Crippen molar-refractivity contribution in [2.24, 2.45) is 4.99 Å². The summed E-state index contributed by atoms with van der Waals surface area (Å²) in [6.07, 6.45) is 0.762. The van der Waals surface area contributed by atoms with Crippen molar-refractivity contribution in [3.63, 3.8) is 0 Å². The highest BCUT2D eigenvalue weighted by Crippen LogP contribution is 2.11. The van der Waals surface area contributed by atoms with Crippen molar-refractivity contribution in [1.82, 2.24) is 15.5 Å². The molecule has 0 amide bonds. The van der Waals surface area contributed by atoms with E-state index in [-0.39, 0.29) is 29.8 Å². The molecule has 0 radical (unpaired) electrons. The Morgan fingerprint density at radius 1 is 1.42 bits per heavy atom. The summed E-state index contributed by atoms with van der Waals surface area (Å²) in [7, 11) is 0. The molecule has 26 heavy (non-hydrogen) atoms. The molecule has 7 heteroatoms. The fourth-order valence-corrected chi connectivity index (χ4v) is 3.08. The number of aliphatic imine (C=N–C) groups is 1. The molecule has 0 aromatic heterocycles. The van der Waals surface area contributed by atoms with Gasteiger partial charge in [0.1, 0.15) is 5.82 Å². The Balaban J connectivity index is 0.00000338. The van der Waals surface area contributed by atoms with Crippen LogP contribution in [0.5, 0.6) is 0 Å². The summed E-state index contributed by atoms with van der Waals surface area (Å²) in [5, 5.41) is 6.60. The molecule has 1 aliphatic heterocycles. The van der Waals surface area contributed by atoms with Crippen molar-refractivity contribution < 1.29 is 9.13 Å². The summed E-state index contributed by atoms with van der Waals surface area (Å²) in [6, 6.07) is 7.54. The van der Waals surface area contributed by atoms with Crippen LogP contribution in [0.3, 0.4) is 0 Å². The molecule has 1 aliphatic rings. The molecule has 2 N–H and O–H groups in total. The van der Waals surface area contributed by atoms with E-state index in [0.717, 1.165) is 57.3 Å². The molecule has 1 aromatic carbocycles. The predicted octanol–water partition coefficient (Wildman–Crippen LogP) is 2.65. The molecular weight excluding hydrogens is 446 g/mol. The van der Waals surface area contributed by atoms with E-state index in [2.05, 4.69) is 36.3 Å². The van der Waals surface area contributed by atoms with Crippen molar-refractivity contribution in [2.75, 3.05) is 39.4 Å². The first kappa shape index (κ1) is 23.1. The van der Waals surface area contributed by atoms with Gasteiger partial charge in [0, 0.05) is 31.7 Å². The van der Waals surface area contributed by atoms with Crippen LogP contribution < -0.4 is 10.6 Å². The van der Waals surface area contributed by atoms with Crippen LogP contribution in [0.15, 0.2) is 29.3 Å². The number of guanidine groups is 1. The van der Waals surface area contributed by atoms with E-state index in [1.165, 1.54) is 6.07 Å². The number of rotatable bonds is 7. The molecule has 2 atom stereocenters. The third kappa shape index (κ3) is 7.75. The highest BCUT2D eigenvalue weighted by Gasteiger charge is 2.23. The van der Waals surface area contributed by atoms with Crippen molar-refractivity contribution in [3.05, 3.63) is 35.6 Å². The lowest BCUT2D eigenvalue weighted by Gasteiger charge is -2.37. The van der Waals surface area contributed by atoms with Gasteiger partial charge in [0.2, 0.25) is 0 Å². The van der Waals surface area contributed by atoms with Crippen molar-refractivity contribution in [3.8, 4) is 0 Å². The number of nitrogens with one attached hydrogen (secondary N) is 2. The third-order valence-electron chi connectivity index (χ3n) is 4.44. The number of halogens is 2. The smallest absolute Gasteiger partial charge is 0.191 e. The Kier molecular flexibility index (Phi) is 11.1. The van der Waals surface area contributed by atoms with Crippen LogP contribution in [0.25, 0.3) is 0 Å². The standard InChI is InChI=1S/C19H31FN4O.HI/c1-4-21-19(22-9-8-17-6-5-7-18(20)12-17)23-13-15(2)24-10-11-25-14-16(24)3;/h5-7,12,15-16H,4,8-11,13-14H2,1-3H3,(H2,21,22,23);1H. The van der Waals surface area contributed by atoms with Crippen LogP contribution >= 0.6 is 24.0 Å². The van der Waals surface area contributed by atoms with Gasteiger partial charge in [-0.05, 0) is 44.9 Å². The SMILES string of the molecule is CCNC(=NCC(C)N1CCOCC1C)NCCc1cccc(F)c1.I. The minimum absolute atomic E-state index is 0. The number of hydrogen-bond acceptors (Lipinski definition) is 3. The zero-order valence-electron chi connectivity index (χ0n) is 16.0. The van der Waals surface area contributed by atoms with E-state index in [1.54, 1.807) is 12.1 Å². The Bertz CT molecular complexity index is 558. The molecule has 5 nitrogen and oxygen atoms in total. The number of benzene rings is 1. The fourth-order valence-electron chi connectivity index (χ4n) is 3.08. The lowest BCUT2D eigenvalue weighted by Crippen LogP contribution is -2.49. The minimum Gasteiger partial charge on any atom is -0.379 e. The Morgan fingerprint density at radius 3 is 2.92 bits per heavy atom. The summed E-state index contributed by atoms with van der Waals surface area (Å²) in [4.78, 5) is 7.16. The van der Waals surface area contributed by atoms with Crippen LogP contribution in [-0.2, 0) is 11.2 Å². The van der Waals surface area contributed by atoms with Gasteiger partial charge in [0.05, 0.1) is 19.8 Å². The van der Waals surface area contributed by atoms with E-state index >= 15 is 0 Å². The van der Waals surface area contributed by atoms with Gasteiger partial charge < -0.3 is 15.4 Å². The fraction of sp³-hybridized carbons (Fsp3) is 0.632. The first-order chi connectivity index (χ1) is 12.1. The van der Waals surface area contributed by atoms with E-state index in [9.17, 15) is 4.39 Å². The van der Waals surface area contributed by atoms with Crippen LogP contribution in [0.4, 0.5) is 4.39 Å². The van der Waals surface area contributed by atoms with Gasteiger partial charge in [0.15, 0.2) is 5.96 Å². The summed E-state index contributed by atoms with van der Waals surface area (Å²) < 4.78 is 18.7. The van der Waals surface area contributed by atoms with Crippen LogP contribution in [-0.4, -0.2) is 62.3 Å². The minimum atomic E-state index is -0.188. The van der Waals surface area contributed by atoms with Crippen LogP contribution in [0.2, 0.25) is 0 Å². The van der Waals surface area contributed by atoms with Crippen LogP contribution in [0, 0.1) is 5.82 Å². The van der Waals surface area contributed by atoms with Crippen molar-refractivity contribution in [2.45, 2.75) is 39.3 Å². The van der Waals surface area contributed by atoms with Gasteiger partial charge in [-0.25, -0.2) is 4.39 Å². The summed E-state index contributed by atoms with van der Waals surface area (Å²) in [5.74, 6) is 0.623. The Hall–Kier alpha value is -0.930. The number of morpholine rings is 1. The Labute approximate surface area is 173 Å². The zero-order valence-corrected chi connectivity index (χ0v) is 18.3. The van der Waals surface area contributed by atoms with Gasteiger partial charge in [-0.15, -0.1) is 24.0 Å². The van der Waals surface area contributed by atoms with Gasteiger partial charge in [-0.1, -0.05) is 12.1 Å². The monoisotopic (exact) mass is 478 g/mol. The molecule has 1 aromatic rings. The maximum atomic E-state index is 13.2. The number of nitrogens with zero attached hydrogens (tertiary/aromatic N) is 2. The number of ether oxygens (including phenoxy) is 1. The molecule has 0 aliphatic carbocycles. The zero-order chi connectivity index (χ0) is 18.1. The van der Waals surface area contributed by atoms with Crippen molar-refractivity contribution in [1.29, 1.82) is 0 Å². The summed E-state index contributed by atoms with van der Waals surface area (Å²) >= 11 is 0. The summed E-state index contributed by atoms with van der Waals surface area (Å²) in [6.45, 7) is 11.3. The lowest BCUT2D eigenvalue weighted by atomic mass is 10.1. The van der Waals surface area contributed by atoms with Crippen molar-refractivity contribution >= 4 is 29.9 Å². The Morgan fingerprint density at radius 2 is 2.23 bits per heavy atom. The average Bonchev–Trinajstić information content (AvgIpc) is 2.60. The second kappa shape index (κ2) is 12.5. The van der Waals surface area contributed by atoms with E-state index in [1.807, 2.05) is 6.07 Å². The molecule has 0 spiro atoms. The molecule has 1 fully saturated rings. The van der Waals surface area contributed by atoms with Gasteiger partial charge in [0.25, 0.3) is 0 Å². The van der Waals surface area contributed by atoms with Gasteiger partial charge in [-0.3, -0.25) is 9.89 Å². The first-order valence-electron chi connectivity index (χ1n) is 9.20. The first-order valence-corrected chi connectivity index (χ1v) is 9.20. The maximum Gasteiger partial charge on any atom is 0.191 e. The third-order valence-corrected chi connectivity index (χ3v) is 4.44. The molecule has 2 unspecified atom stereocenters. The normalized spacial score (nSPS) is 19.5. The second-order valence-electron chi connectivity index (χ2n) is 6.54. The molecule has 0 bridgehead atoms. The average molecular weight is 478 g/mol. The van der Waals surface area contributed by atoms with Gasteiger partial charge >= 0.3 is 0 Å².